The lowest BCUT2D eigenvalue weighted by molar-refractivity contribution is -0.137. The maximum absolute atomic E-state index is 12.0. The maximum atomic E-state index is 12.0. The van der Waals surface area contributed by atoms with Gasteiger partial charge < -0.3 is 10.0 Å². The van der Waals surface area contributed by atoms with E-state index in [0.29, 0.717) is 13.1 Å². The summed E-state index contributed by atoms with van der Waals surface area (Å²) in [6.45, 7) is 5.19. The van der Waals surface area contributed by atoms with E-state index in [1.807, 2.05) is 31.4 Å². The van der Waals surface area contributed by atoms with Gasteiger partial charge in [-0.1, -0.05) is 6.07 Å². The van der Waals surface area contributed by atoms with Crippen molar-refractivity contribution >= 4 is 23.2 Å². The van der Waals surface area contributed by atoms with Gasteiger partial charge in [0.1, 0.15) is 0 Å². The van der Waals surface area contributed by atoms with Crippen LogP contribution in [-0.2, 0) is 9.59 Å². The van der Waals surface area contributed by atoms with Gasteiger partial charge in [-0.15, -0.1) is 11.3 Å². The Morgan fingerprint density at radius 1 is 1.33 bits per heavy atom. The Labute approximate surface area is 111 Å². The minimum absolute atomic E-state index is 0.00746. The van der Waals surface area contributed by atoms with Crippen LogP contribution in [0.5, 0.6) is 0 Å². The largest absolute Gasteiger partial charge is 0.481 e. The van der Waals surface area contributed by atoms with Gasteiger partial charge in [0, 0.05) is 30.3 Å². The first-order chi connectivity index (χ1) is 8.58. The van der Waals surface area contributed by atoms with Crippen molar-refractivity contribution in [1.29, 1.82) is 0 Å². The molecule has 1 rings (SSSR count). The Morgan fingerprint density at radius 3 is 2.44 bits per heavy atom. The van der Waals surface area contributed by atoms with E-state index >= 15 is 0 Å². The monoisotopic (exact) mass is 269 g/mol. The van der Waals surface area contributed by atoms with Crippen LogP contribution < -0.4 is 0 Å². The molecule has 0 aliphatic rings. The van der Waals surface area contributed by atoms with Gasteiger partial charge in [0.25, 0.3) is 0 Å². The molecule has 1 aromatic rings. The van der Waals surface area contributed by atoms with E-state index in [1.165, 1.54) is 11.3 Å². The van der Waals surface area contributed by atoms with Crippen LogP contribution in [0.1, 0.15) is 37.5 Å². The molecule has 0 radical (unpaired) electrons. The first-order valence-corrected chi connectivity index (χ1v) is 6.99. The first kappa shape index (κ1) is 14.7. The second kappa shape index (κ2) is 7.16. The summed E-state index contributed by atoms with van der Waals surface area (Å²) in [5.41, 5.74) is 0. The third kappa shape index (κ3) is 4.14. The molecule has 5 heteroatoms. The number of nitrogens with zero attached hydrogens (tertiary/aromatic N) is 1. The van der Waals surface area contributed by atoms with E-state index in [4.69, 9.17) is 5.11 Å². The van der Waals surface area contributed by atoms with Crippen LogP contribution in [0, 0.1) is 0 Å². The second-order valence-electron chi connectivity index (χ2n) is 4.08. The summed E-state index contributed by atoms with van der Waals surface area (Å²) in [5.74, 6) is -1.05. The molecule has 1 N–H and O–H groups in total. The Morgan fingerprint density at radius 2 is 2.00 bits per heavy atom. The average molecular weight is 269 g/mol. The van der Waals surface area contributed by atoms with Gasteiger partial charge in [0.05, 0.1) is 6.42 Å². The van der Waals surface area contributed by atoms with E-state index < -0.39 is 5.97 Å². The fraction of sp³-hybridized carbons (Fsp3) is 0.538. The van der Waals surface area contributed by atoms with E-state index in [0.717, 1.165) is 4.88 Å². The Kier molecular flexibility index (Phi) is 5.85. The standard InChI is InChI=1S/C13H19NO3S/c1-3-14(4-2)12(15)8-10(9-13(16)17)11-6-5-7-18-11/h5-7,10H,3-4,8-9H2,1-2H3,(H,16,17)/t10-/m0/s1. The molecular weight excluding hydrogens is 250 g/mol. The molecule has 0 aliphatic heterocycles. The highest BCUT2D eigenvalue weighted by Crippen LogP contribution is 2.28. The molecule has 0 aliphatic carbocycles. The van der Waals surface area contributed by atoms with Crippen LogP contribution in [-0.4, -0.2) is 35.0 Å². The lowest BCUT2D eigenvalue weighted by atomic mass is 9.98. The van der Waals surface area contributed by atoms with E-state index in [9.17, 15) is 9.59 Å². The summed E-state index contributed by atoms with van der Waals surface area (Å²) in [7, 11) is 0. The molecule has 0 bridgehead atoms. The molecule has 1 aromatic heterocycles. The number of aliphatic carboxylic acids is 1. The Balaban J connectivity index is 2.73. The molecule has 4 nitrogen and oxygen atoms in total. The molecule has 18 heavy (non-hydrogen) atoms. The quantitative estimate of drug-likeness (QED) is 0.827. The second-order valence-corrected chi connectivity index (χ2v) is 5.06. The highest BCUT2D eigenvalue weighted by molar-refractivity contribution is 7.10. The predicted octanol–water partition coefficient (Wildman–Crippen LogP) is 2.56. The van der Waals surface area contributed by atoms with Crippen molar-refractivity contribution in [3.05, 3.63) is 22.4 Å². The van der Waals surface area contributed by atoms with Crippen molar-refractivity contribution in [1.82, 2.24) is 4.90 Å². The lowest BCUT2D eigenvalue weighted by Gasteiger charge is -2.21. The van der Waals surface area contributed by atoms with Gasteiger partial charge in [0.15, 0.2) is 0 Å². The lowest BCUT2D eigenvalue weighted by Crippen LogP contribution is -2.31. The summed E-state index contributed by atoms with van der Waals surface area (Å²) in [6, 6.07) is 3.78. The van der Waals surface area contributed by atoms with Gasteiger partial charge in [-0.05, 0) is 25.3 Å². The number of hydrogen-bond donors (Lipinski definition) is 1. The van der Waals surface area contributed by atoms with Crippen molar-refractivity contribution in [3.8, 4) is 0 Å². The topological polar surface area (TPSA) is 57.6 Å². The minimum Gasteiger partial charge on any atom is -0.481 e. The smallest absolute Gasteiger partial charge is 0.304 e. The molecule has 0 fully saturated rings. The number of rotatable bonds is 7. The van der Waals surface area contributed by atoms with Crippen molar-refractivity contribution in [3.63, 3.8) is 0 Å². The maximum Gasteiger partial charge on any atom is 0.304 e. The summed E-state index contributed by atoms with van der Waals surface area (Å²) < 4.78 is 0. The zero-order valence-electron chi connectivity index (χ0n) is 10.8. The summed E-state index contributed by atoms with van der Waals surface area (Å²) in [4.78, 5) is 25.6. The van der Waals surface area contributed by atoms with Crippen molar-refractivity contribution in [2.75, 3.05) is 13.1 Å². The van der Waals surface area contributed by atoms with Crippen LogP contribution >= 0.6 is 11.3 Å². The van der Waals surface area contributed by atoms with Gasteiger partial charge in [0.2, 0.25) is 5.91 Å². The number of carboxylic acids is 1. The minimum atomic E-state index is -0.860. The Hall–Kier alpha value is -1.36. The van der Waals surface area contributed by atoms with Crippen LogP contribution in [0.25, 0.3) is 0 Å². The van der Waals surface area contributed by atoms with Crippen molar-refractivity contribution in [2.45, 2.75) is 32.6 Å². The van der Waals surface area contributed by atoms with Crippen molar-refractivity contribution in [2.24, 2.45) is 0 Å². The van der Waals surface area contributed by atoms with Gasteiger partial charge in [-0.3, -0.25) is 9.59 Å². The summed E-state index contributed by atoms with van der Waals surface area (Å²) in [6.07, 6.45) is 0.280. The van der Waals surface area contributed by atoms with Gasteiger partial charge >= 0.3 is 5.97 Å². The highest BCUT2D eigenvalue weighted by Gasteiger charge is 2.22. The first-order valence-electron chi connectivity index (χ1n) is 6.11. The molecule has 100 valence electrons. The van der Waals surface area contributed by atoms with Crippen LogP contribution in [0.2, 0.25) is 0 Å². The molecule has 0 unspecified atom stereocenters. The molecule has 0 aromatic carbocycles. The summed E-state index contributed by atoms with van der Waals surface area (Å²) in [5, 5.41) is 10.8. The van der Waals surface area contributed by atoms with Crippen LogP contribution in [0.4, 0.5) is 0 Å². The molecular formula is C13H19NO3S. The molecule has 1 amide bonds. The number of hydrogen-bond acceptors (Lipinski definition) is 3. The number of amides is 1. The van der Waals surface area contributed by atoms with Crippen LogP contribution in [0.15, 0.2) is 17.5 Å². The van der Waals surface area contributed by atoms with Gasteiger partial charge in [-0.25, -0.2) is 0 Å². The van der Waals surface area contributed by atoms with Crippen LogP contribution in [0.3, 0.4) is 0 Å². The van der Waals surface area contributed by atoms with E-state index in [-0.39, 0.29) is 24.7 Å². The number of carbonyl (C=O) groups excluding carboxylic acids is 1. The summed E-state index contributed by atoms with van der Waals surface area (Å²) >= 11 is 1.51. The molecule has 0 saturated carbocycles. The third-order valence-corrected chi connectivity index (χ3v) is 3.94. The Bertz CT molecular complexity index is 385. The fourth-order valence-electron chi connectivity index (χ4n) is 1.92. The average Bonchev–Trinajstić information content (AvgIpc) is 2.82. The number of thiophene rings is 1. The molecule has 0 spiro atoms. The fourth-order valence-corrected chi connectivity index (χ4v) is 2.75. The normalized spacial score (nSPS) is 12.1. The molecule has 1 heterocycles. The number of carbonyl (C=O) groups is 2. The van der Waals surface area contributed by atoms with E-state index in [2.05, 4.69) is 0 Å². The highest BCUT2D eigenvalue weighted by atomic mass is 32.1. The SMILES string of the molecule is CCN(CC)C(=O)C[C@@H](CC(=O)O)c1cccs1. The molecule has 0 saturated heterocycles. The van der Waals surface area contributed by atoms with E-state index in [1.54, 1.807) is 4.90 Å². The predicted molar refractivity (Wildman–Crippen MR) is 71.9 cm³/mol. The van der Waals surface area contributed by atoms with Crippen molar-refractivity contribution < 1.29 is 14.7 Å². The molecule has 1 atom stereocenters. The number of carboxylic acid groups (broad SMARTS) is 1. The van der Waals surface area contributed by atoms with Gasteiger partial charge in [-0.2, -0.15) is 0 Å². The third-order valence-electron chi connectivity index (χ3n) is 2.90. The zero-order valence-corrected chi connectivity index (χ0v) is 11.6. The zero-order chi connectivity index (χ0) is 13.5.